The Kier molecular flexibility index (Phi) is 3.74. The molecule has 23 heavy (non-hydrogen) atoms. The third-order valence-corrected chi connectivity index (χ3v) is 4.14. The monoisotopic (exact) mass is 429 g/mol. The van der Waals surface area contributed by atoms with Gasteiger partial charge in [-0.25, -0.2) is 14.2 Å². The summed E-state index contributed by atoms with van der Waals surface area (Å²) in [5.41, 5.74) is 5.55. The Morgan fingerprint density at radius 2 is 2.30 bits per heavy atom. The molecule has 0 aliphatic carbocycles. The van der Waals surface area contributed by atoms with Crippen molar-refractivity contribution in [3.63, 3.8) is 0 Å². The SMILES string of the molecule is CC1(c2cc(NC(=O)O)ccc2F)Cn2cc(I)nc2C(N)=N1. The number of fused-ring (bicyclic) bond motifs is 1. The van der Waals surface area contributed by atoms with Gasteiger partial charge in [0, 0.05) is 17.4 Å². The summed E-state index contributed by atoms with van der Waals surface area (Å²) in [5.74, 6) is 0.294. The van der Waals surface area contributed by atoms with E-state index in [1.165, 1.54) is 18.2 Å². The third-order valence-electron chi connectivity index (χ3n) is 3.62. The highest BCUT2D eigenvalue weighted by Gasteiger charge is 2.35. The van der Waals surface area contributed by atoms with Gasteiger partial charge in [0.05, 0.1) is 6.54 Å². The molecule has 2 aromatic rings. The van der Waals surface area contributed by atoms with E-state index in [-0.39, 0.29) is 17.1 Å². The number of nitrogens with two attached hydrogens (primary N) is 1. The van der Waals surface area contributed by atoms with Gasteiger partial charge in [-0.3, -0.25) is 10.3 Å². The molecule has 0 fully saturated rings. The van der Waals surface area contributed by atoms with Gasteiger partial charge in [-0.05, 0) is 47.7 Å². The largest absolute Gasteiger partial charge is 0.465 e. The van der Waals surface area contributed by atoms with Gasteiger partial charge in [0.2, 0.25) is 0 Å². The number of imidazole rings is 1. The van der Waals surface area contributed by atoms with Crippen LogP contribution in [0.2, 0.25) is 0 Å². The van der Waals surface area contributed by atoms with Gasteiger partial charge in [0.25, 0.3) is 0 Å². The molecule has 3 rings (SSSR count). The molecule has 1 amide bonds. The number of benzene rings is 1. The van der Waals surface area contributed by atoms with Gasteiger partial charge in [0.1, 0.15) is 15.1 Å². The molecule has 0 saturated carbocycles. The lowest BCUT2D eigenvalue weighted by molar-refractivity contribution is 0.209. The Hall–Kier alpha value is -2.17. The van der Waals surface area contributed by atoms with Gasteiger partial charge in [-0.15, -0.1) is 0 Å². The van der Waals surface area contributed by atoms with E-state index in [9.17, 15) is 9.18 Å². The normalized spacial score (nSPS) is 19.9. The fourth-order valence-electron chi connectivity index (χ4n) is 2.68. The molecule has 0 spiro atoms. The smallest absolute Gasteiger partial charge is 0.409 e. The molecule has 1 aromatic heterocycles. The number of nitrogens with zero attached hydrogens (tertiary/aromatic N) is 3. The second-order valence-electron chi connectivity index (χ2n) is 5.41. The second-order valence-corrected chi connectivity index (χ2v) is 6.52. The van der Waals surface area contributed by atoms with Crippen molar-refractivity contribution >= 4 is 40.2 Å². The number of anilines is 1. The average molecular weight is 429 g/mol. The van der Waals surface area contributed by atoms with Crippen LogP contribution in [-0.4, -0.2) is 26.6 Å². The third kappa shape index (κ3) is 2.87. The highest BCUT2D eigenvalue weighted by Crippen LogP contribution is 2.34. The second kappa shape index (κ2) is 5.48. The Morgan fingerprint density at radius 3 is 3.00 bits per heavy atom. The molecular weight excluding hydrogens is 416 g/mol. The fourth-order valence-corrected chi connectivity index (χ4v) is 3.24. The van der Waals surface area contributed by atoms with Crippen molar-refractivity contribution in [3.8, 4) is 0 Å². The van der Waals surface area contributed by atoms with E-state index in [1.54, 1.807) is 6.92 Å². The zero-order chi connectivity index (χ0) is 16.8. The highest BCUT2D eigenvalue weighted by atomic mass is 127. The predicted octanol–water partition coefficient (Wildman–Crippen LogP) is 2.35. The van der Waals surface area contributed by atoms with E-state index in [2.05, 4.69) is 37.9 Å². The van der Waals surface area contributed by atoms with Crippen molar-refractivity contribution in [1.82, 2.24) is 9.55 Å². The topological polar surface area (TPSA) is 106 Å². The minimum absolute atomic E-state index is 0.220. The molecule has 1 aliphatic heterocycles. The average Bonchev–Trinajstić information content (AvgIpc) is 2.81. The van der Waals surface area contributed by atoms with Crippen LogP contribution in [0.1, 0.15) is 18.3 Å². The molecule has 1 aromatic carbocycles. The molecule has 4 N–H and O–H groups in total. The van der Waals surface area contributed by atoms with E-state index in [4.69, 9.17) is 10.8 Å². The first-order valence-electron chi connectivity index (χ1n) is 6.67. The molecule has 9 heteroatoms. The number of nitrogens with one attached hydrogen (secondary N) is 1. The summed E-state index contributed by atoms with van der Waals surface area (Å²) in [6.45, 7) is 2.10. The number of aromatic nitrogens is 2. The zero-order valence-electron chi connectivity index (χ0n) is 12.0. The van der Waals surface area contributed by atoms with Crippen LogP contribution in [-0.2, 0) is 12.1 Å². The minimum atomic E-state index is -1.22. The van der Waals surface area contributed by atoms with Crippen LogP contribution in [0.4, 0.5) is 14.9 Å². The van der Waals surface area contributed by atoms with Crippen LogP contribution in [0.3, 0.4) is 0 Å². The molecule has 1 atom stereocenters. The summed E-state index contributed by atoms with van der Waals surface area (Å²) >= 11 is 2.07. The lowest BCUT2D eigenvalue weighted by Crippen LogP contribution is -2.37. The summed E-state index contributed by atoms with van der Waals surface area (Å²) < 4.78 is 16.9. The van der Waals surface area contributed by atoms with E-state index < -0.39 is 17.4 Å². The van der Waals surface area contributed by atoms with E-state index in [1.807, 2.05) is 10.8 Å². The van der Waals surface area contributed by atoms with Crippen LogP contribution in [0, 0.1) is 9.52 Å². The van der Waals surface area contributed by atoms with Crippen molar-refractivity contribution < 1.29 is 14.3 Å². The lowest BCUT2D eigenvalue weighted by Gasteiger charge is -2.31. The van der Waals surface area contributed by atoms with Crippen molar-refractivity contribution in [1.29, 1.82) is 0 Å². The molecule has 0 bridgehead atoms. The number of rotatable bonds is 2. The number of amides is 1. The van der Waals surface area contributed by atoms with Crippen LogP contribution in [0.5, 0.6) is 0 Å². The van der Waals surface area contributed by atoms with E-state index in [0.717, 1.165) is 3.70 Å². The maximum absolute atomic E-state index is 14.3. The molecule has 0 radical (unpaired) electrons. The predicted molar refractivity (Wildman–Crippen MR) is 91.1 cm³/mol. The Bertz CT molecular complexity index is 835. The van der Waals surface area contributed by atoms with Crippen LogP contribution < -0.4 is 11.1 Å². The standard InChI is InChI=1S/C14H13FIN5O2/c1-14(6-21-5-10(16)19-12(21)11(17)20-14)8-4-7(18-13(22)23)2-3-9(8)15/h2-5,18H,6H2,1H3,(H2,17,20)(H,22,23). The minimum Gasteiger partial charge on any atom is -0.465 e. The number of carbonyl (C=O) groups is 1. The number of halogens is 2. The van der Waals surface area contributed by atoms with E-state index >= 15 is 0 Å². The van der Waals surface area contributed by atoms with Gasteiger partial charge in [-0.1, -0.05) is 0 Å². The maximum Gasteiger partial charge on any atom is 0.409 e. The molecule has 2 heterocycles. The van der Waals surface area contributed by atoms with Gasteiger partial charge >= 0.3 is 6.09 Å². The molecule has 1 unspecified atom stereocenters. The highest BCUT2D eigenvalue weighted by molar-refractivity contribution is 14.1. The van der Waals surface area contributed by atoms with E-state index in [0.29, 0.717) is 12.4 Å². The Labute approximate surface area is 144 Å². The van der Waals surface area contributed by atoms with Gasteiger partial charge in [-0.2, -0.15) is 0 Å². The first kappa shape index (κ1) is 15.7. The summed E-state index contributed by atoms with van der Waals surface area (Å²) in [6, 6.07) is 4.01. The van der Waals surface area contributed by atoms with Crippen molar-refractivity contribution in [2.24, 2.45) is 10.7 Å². The fraction of sp³-hybridized carbons (Fsp3) is 0.214. The lowest BCUT2D eigenvalue weighted by atomic mass is 9.90. The number of hydrogen-bond donors (Lipinski definition) is 3. The molecular formula is C14H13FIN5O2. The molecule has 1 aliphatic rings. The zero-order valence-corrected chi connectivity index (χ0v) is 14.2. The van der Waals surface area contributed by atoms with Crippen molar-refractivity contribution in [3.05, 3.63) is 45.3 Å². The quantitative estimate of drug-likeness (QED) is 0.638. The van der Waals surface area contributed by atoms with Crippen LogP contribution in [0.25, 0.3) is 0 Å². The number of aliphatic imine (C=N–C) groups is 1. The summed E-state index contributed by atoms with van der Waals surface area (Å²) in [5, 5.41) is 11.0. The van der Waals surface area contributed by atoms with Gasteiger partial charge < -0.3 is 15.4 Å². The van der Waals surface area contributed by atoms with Crippen LogP contribution in [0.15, 0.2) is 29.4 Å². The molecule has 7 nitrogen and oxygen atoms in total. The maximum atomic E-state index is 14.3. The summed E-state index contributed by atoms with van der Waals surface area (Å²) in [7, 11) is 0. The Morgan fingerprint density at radius 1 is 1.57 bits per heavy atom. The summed E-state index contributed by atoms with van der Waals surface area (Å²) in [6.07, 6.45) is 0.596. The summed E-state index contributed by atoms with van der Waals surface area (Å²) in [4.78, 5) is 19.5. The van der Waals surface area contributed by atoms with Gasteiger partial charge in [0.15, 0.2) is 11.7 Å². The first-order chi connectivity index (χ1) is 10.8. The first-order valence-corrected chi connectivity index (χ1v) is 7.75. The molecule has 0 saturated heterocycles. The number of carboxylic acid groups (broad SMARTS) is 1. The van der Waals surface area contributed by atoms with Crippen molar-refractivity contribution in [2.45, 2.75) is 19.0 Å². The van der Waals surface area contributed by atoms with Crippen LogP contribution >= 0.6 is 22.6 Å². The number of amidine groups is 1. The molecule has 120 valence electrons. The van der Waals surface area contributed by atoms with Crippen molar-refractivity contribution in [2.75, 3.05) is 5.32 Å². The Balaban J connectivity index is 2.07. The number of hydrogen-bond acceptors (Lipinski definition) is 4.